The molecule has 0 bridgehead atoms. The Hall–Kier alpha value is -3.37. The van der Waals surface area contributed by atoms with Gasteiger partial charge in [0.15, 0.2) is 5.75 Å². The molecule has 1 saturated carbocycles. The van der Waals surface area contributed by atoms with Crippen molar-refractivity contribution in [1.29, 1.82) is 0 Å². The van der Waals surface area contributed by atoms with Crippen molar-refractivity contribution in [2.75, 3.05) is 35.0 Å². The largest absolute Gasteiger partial charge is 0.492 e. The molecule has 10 heteroatoms. The van der Waals surface area contributed by atoms with Crippen molar-refractivity contribution in [2.24, 2.45) is 17.5 Å². The number of nitrogens with zero attached hydrogens (tertiary/aromatic N) is 1. The number of hydrogen-bond donors (Lipinski definition) is 5. The summed E-state index contributed by atoms with van der Waals surface area (Å²) in [7, 11) is 1.57. The molecule has 39 heavy (non-hydrogen) atoms. The first-order chi connectivity index (χ1) is 18.4. The van der Waals surface area contributed by atoms with Gasteiger partial charge in [-0.1, -0.05) is 51.6 Å². The Bertz CT molecular complexity index is 1220. The van der Waals surface area contributed by atoms with Crippen LogP contribution in [0.5, 0.6) is 5.75 Å². The lowest BCUT2D eigenvalue weighted by Gasteiger charge is -2.24. The van der Waals surface area contributed by atoms with Crippen LogP contribution in [0.25, 0.3) is 0 Å². The first kappa shape index (κ1) is 30.2. The number of anilines is 3. The third-order valence-corrected chi connectivity index (χ3v) is 7.36. The van der Waals surface area contributed by atoms with Crippen molar-refractivity contribution >= 4 is 40.8 Å². The third-order valence-electron chi connectivity index (χ3n) is 6.94. The lowest BCUT2D eigenvalue weighted by Crippen LogP contribution is -2.35. The molecule has 2 aromatic rings. The smallest absolute Gasteiger partial charge is 0.268 e. The molecule has 0 heterocycles. The van der Waals surface area contributed by atoms with Crippen molar-refractivity contribution in [3.05, 3.63) is 58.9 Å². The van der Waals surface area contributed by atoms with E-state index in [0.717, 1.165) is 29.7 Å². The van der Waals surface area contributed by atoms with Gasteiger partial charge in [0.05, 0.1) is 24.2 Å². The van der Waals surface area contributed by atoms with E-state index in [1.165, 1.54) is 36.0 Å². The van der Waals surface area contributed by atoms with Crippen LogP contribution in [0.4, 0.5) is 17.1 Å². The summed E-state index contributed by atoms with van der Waals surface area (Å²) in [5.74, 6) is 6.64. The number of ether oxygens (including phenoxy) is 1. The third kappa shape index (κ3) is 7.83. The maximum absolute atomic E-state index is 13.4. The van der Waals surface area contributed by atoms with Crippen molar-refractivity contribution < 1.29 is 14.3 Å². The molecule has 2 aromatic carbocycles. The van der Waals surface area contributed by atoms with Crippen molar-refractivity contribution in [3.63, 3.8) is 0 Å². The number of methoxy groups -OCH3 is 1. The van der Waals surface area contributed by atoms with Gasteiger partial charge in [-0.2, -0.15) is 0 Å². The minimum atomic E-state index is -0.357. The van der Waals surface area contributed by atoms with Gasteiger partial charge in [-0.25, -0.2) is 5.84 Å². The summed E-state index contributed by atoms with van der Waals surface area (Å²) in [6.45, 7) is 8.82. The molecule has 0 radical (unpaired) electrons. The molecular formula is C29H42N6O3S. The van der Waals surface area contributed by atoms with Gasteiger partial charge >= 0.3 is 0 Å². The number of carbonyl (C=O) groups excluding carboxylic acids is 2. The van der Waals surface area contributed by atoms with E-state index in [2.05, 4.69) is 36.1 Å². The molecule has 212 valence electrons. The van der Waals surface area contributed by atoms with E-state index in [1.54, 1.807) is 25.3 Å². The molecule has 1 aliphatic carbocycles. The highest BCUT2D eigenvalue weighted by molar-refractivity contribution is 7.99. The van der Waals surface area contributed by atoms with Gasteiger partial charge < -0.3 is 25.8 Å². The Labute approximate surface area is 236 Å². The van der Waals surface area contributed by atoms with Gasteiger partial charge in [0.1, 0.15) is 5.70 Å². The maximum Gasteiger partial charge on any atom is 0.268 e. The molecule has 0 saturated heterocycles. The summed E-state index contributed by atoms with van der Waals surface area (Å²) in [6, 6.07) is 9.16. The maximum atomic E-state index is 13.4. The van der Waals surface area contributed by atoms with Crippen LogP contribution in [0.2, 0.25) is 0 Å². The average Bonchev–Trinajstić information content (AvgIpc) is 3.40. The molecular weight excluding hydrogens is 512 g/mol. The fourth-order valence-electron chi connectivity index (χ4n) is 4.62. The normalized spacial score (nSPS) is 14.2. The number of benzene rings is 2. The highest BCUT2D eigenvalue weighted by Gasteiger charge is 2.22. The second-order valence-corrected chi connectivity index (χ2v) is 11.6. The second-order valence-electron chi connectivity index (χ2n) is 11.0. The molecule has 2 amide bonds. The Morgan fingerprint density at radius 3 is 2.44 bits per heavy atom. The van der Waals surface area contributed by atoms with Crippen LogP contribution in [-0.4, -0.2) is 31.7 Å². The minimum absolute atomic E-state index is 0.00214. The van der Waals surface area contributed by atoms with Crippen molar-refractivity contribution in [1.82, 2.24) is 5.32 Å². The van der Waals surface area contributed by atoms with E-state index in [9.17, 15) is 9.59 Å². The summed E-state index contributed by atoms with van der Waals surface area (Å²) < 4.78 is 8.90. The fourth-order valence-corrected chi connectivity index (χ4v) is 4.99. The molecule has 3 rings (SSSR count). The number of carbonyl (C=O) groups is 2. The number of hydrazine groups is 1. The topological polar surface area (TPSA) is 135 Å². The number of nitrogens with one attached hydrogen (secondary N) is 3. The van der Waals surface area contributed by atoms with Crippen LogP contribution in [0.3, 0.4) is 0 Å². The lowest BCUT2D eigenvalue weighted by atomic mass is 9.86. The van der Waals surface area contributed by atoms with Crippen LogP contribution in [0.1, 0.15) is 67.9 Å². The van der Waals surface area contributed by atoms with Gasteiger partial charge in [-0.05, 0) is 66.5 Å². The molecule has 0 unspecified atom stereocenters. The van der Waals surface area contributed by atoms with E-state index in [1.807, 2.05) is 25.3 Å². The minimum Gasteiger partial charge on any atom is -0.492 e. The summed E-state index contributed by atoms with van der Waals surface area (Å²) >= 11 is 1.44. The number of aryl methyl sites for hydroxylation is 1. The molecule has 0 spiro atoms. The van der Waals surface area contributed by atoms with Crippen molar-refractivity contribution in [2.45, 2.75) is 58.8 Å². The molecule has 0 atom stereocenters. The SMILES string of the molecule is COc1c(NSC)cc(C(C)(C)C)cc1NC(=O)c1ccc(C)c(N(N)/C=C(\N)C(=O)NCC2CCCC2)c1. The second kappa shape index (κ2) is 13.1. The molecule has 0 aromatic heterocycles. The average molecular weight is 555 g/mol. The Morgan fingerprint density at radius 2 is 1.82 bits per heavy atom. The predicted octanol–water partition coefficient (Wildman–Crippen LogP) is 5.03. The zero-order chi connectivity index (χ0) is 28.7. The number of hydrogen-bond acceptors (Lipinski definition) is 8. The van der Waals surface area contributed by atoms with Gasteiger partial charge in [0.25, 0.3) is 11.8 Å². The summed E-state index contributed by atoms with van der Waals surface area (Å²) in [4.78, 5) is 25.9. The summed E-state index contributed by atoms with van der Waals surface area (Å²) in [5.41, 5.74) is 10.0. The molecule has 1 aliphatic rings. The zero-order valence-electron chi connectivity index (χ0n) is 23.8. The van der Waals surface area contributed by atoms with Crippen molar-refractivity contribution in [3.8, 4) is 5.75 Å². The molecule has 7 N–H and O–H groups in total. The molecule has 1 fully saturated rings. The van der Waals surface area contributed by atoms with E-state index < -0.39 is 0 Å². The van der Waals surface area contributed by atoms with Gasteiger partial charge in [0, 0.05) is 24.6 Å². The highest BCUT2D eigenvalue weighted by atomic mass is 32.2. The van der Waals surface area contributed by atoms with Crippen LogP contribution >= 0.6 is 11.9 Å². The van der Waals surface area contributed by atoms with E-state index >= 15 is 0 Å². The monoisotopic (exact) mass is 554 g/mol. The number of nitrogens with two attached hydrogens (primary N) is 2. The lowest BCUT2D eigenvalue weighted by molar-refractivity contribution is -0.117. The first-order valence-electron chi connectivity index (χ1n) is 13.2. The van der Waals surface area contributed by atoms with Gasteiger partial charge in [-0.15, -0.1) is 0 Å². The first-order valence-corrected chi connectivity index (χ1v) is 14.4. The quantitative estimate of drug-likeness (QED) is 0.119. The number of rotatable bonds is 10. The summed E-state index contributed by atoms with van der Waals surface area (Å²) in [5, 5.41) is 7.17. The van der Waals surface area contributed by atoms with E-state index in [4.69, 9.17) is 16.3 Å². The molecule has 9 nitrogen and oxygen atoms in total. The van der Waals surface area contributed by atoms with Crippen LogP contribution in [-0.2, 0) is 10.2 Å². The number of amides is 2. The Kier molecular flexibility index (Phi) is 10.2. The van der Waals surface area contributed by atoms with Crippen LogP contribution < -0.4 is 36.7 Å². The summed E-state index contributed by atoms with van der Waals surface area (Å²) in [6.07, 6.45) is 7.97. The van der Waals surface area contributed by atoms with Crippen LogP contribution in [0.15, 0.2) is 42.2 Å². The van der Waals surface area contributed by atoms with Crippen LogP contribution in [0, 0.1) is 12.8 Å². The zero-order valence-corrected chi connectivity index (χ0v) is 24.6. The van der Waals surface area contributed by atoms with E-state index in [-0.39, 0.29) is 22.9 Å². The van der Waals surface area contributed by atoms with Gasteiger partial charge in [-0.3, -0.25) is 14.6 Å². The Balaban J connectivity index is 1.82. The predicted molar refractivity (Wildman–Crippen MR) is 162 cm³/mol. The molecule has 0 aliphatic heterocycles. The van der Waals surface area contributed by atoms with Gasteiger partial charge in [0.2, 0.25) is 0 Å². The van der Waals surface area contributed by atoms with E-state index in [0.29, 0.717) is 35.2 Å². The highest BCUT2D eigenvalue weighted by Crippen LogP contribution is 2.39. The standard InChI is InChI=1S/C29H42N6O3S/c1-18-11-12-20(13-25(18)35(31)17-22(30)28(37)32-16-19-9-7-8-10-19)27(36)33-23-14-21(29(2,3)4)15-24(34-39-6)26(23)38-5/h11-15,17,19,34H,7-10,16,30-31H2,1-6H3,(H,32,37)(H,33,36)/b22-17-. The Morgan fingerprint density at radius 1 is 1.15 bits per heavy atom. The fraction of sp³-hybridized carbons (Fsp3) is 0.448.